The van der Waals surface area contributed by atoms with E-state index in [1.54, 1.807) is 0 Å². The lowest BCUT2D eigenvalue weighted by atomic mass is 9.48. The van der Waals surface area contributed by atoms with E-state index in [2.05, 4.69) is 0 Å². The Bertz CT molecular complexity index is 299. The Balaban J connectivity index is 1.89. The smallest absolute Gasteiger partial charge is 0.303 e. The van der Waals surface area contributed by atoms with Crippen molar-refractivity contribution < 1.29 is 9.90 Å². The Labute approximate surface area is 95.0 Å². The molecule has 4 bridgehead atoms. The van der Waals surface area contributed by atoms with Gasteiger partial charge < -0.3 is 5.11 Å². The van der Waals surface area contributed by atoms with Crippen LogP contribution in [0, 0.1) is 17.3 Å². The first-order chi connectivity index (χ1) is 6.99. The highest BCUT2D eigenvalue weighted by Crippen LogP contribution is 2.64. The zero-order chi connectivity index (χ0) is 10.7. The molecule has 0 spiro atoms. The second kappa shape index (κ2) is 2.91. The second-order valence-electron chi connectivity index (χ2n) is 6.18. The van der Waals surface area contributed by atoms with Crippen LogP contribution in [0.25, 0.3) is 0 Å². The van der Waals surface area contributed by atoms with Gasteiger partial charge in [0.2, 0.25) is 0 Å². The molecule has 0 aliphatic heterocycles. The standard InChI is InChI=1S/C12H17ClO2/c13-12-4-8-1-9(5-12)3-11(2-8,7-12)6-10(14)15/h8-9H,1-7H2,(H,14,15)/t8-,9+,11?,12?. The van der Waals surface area contributed by atoms with Crippen LogP contribution >= 0.6 is 11.6 Å². The number of hydrogen-bond acceptors (Lipinski definition) is 1. The molecule has 0 saturated heterocycles. The van der Waals surface area contributed by atoms with Gasteiger partial charge in [0, 0.05) is 4.87 Å². The van der Waals surface area contributed by atoms with Gasteiger partial charge in [-0.1, -0.05) is 0 Å². The summed E-state index contributed by atoms with van der Waals surface area (Å²) in [6.45, 7) is 0. The zero-order valence-corrected chi connectivity index (χ0v) is 9.59. The van der Waals surface area contributed by atoms with Crippen molar-refractivity contribution in [1.29, 1.82) is 0 Å². The highest BCUT2D eigenvalue weighted by molar-refractivity contribution is 6.24. The first kappa shape index (κ1) is 9.95. The van der Waals surface area contributed by atoms with Crippen molar-refractivity contribution in [3.63, 3.8) is 0 Å². The SMILES string of the molecule is O=C(O)CC12C[C@@H]3C[C@@H](CC(Cl)(C3)C1)C2. The molecule has 1 N–H and O–H groups in total. The van der Waals surface area contributed by atoms with Crippen molar-refractivity contribution in [2.45, 2.75) is 49.8 Å². The van der Waals surface area contributed by atoms with Gasteiger partial charge in [0.05, 0.1) is 6.42 Å². The largest absolute Gasteiger partial charge is 0.481 e. The van der Waals surface area contributed by atoms with Crippen LogP contribution < -0.4 is 0 Å². The molecule has 4 rings (SSSR count). The number of alkyl halides is 1. The number of hydrogen-bond donors (Lipinski definition) is 1. The van der Waals surface area contributed by atoms with Crippen LogP contribution in [-0.2, 0) is 4.79 Å². The predicted molar refractivity (Wildman–Crippen MR) is 58.0 cm³/mol. The molecule has 0 amide bonds. The molecular formula is C12H17ClO2. The van der Waals surface area contributed by atoms with Crippen molar-refractivity contribution in [3.05, 3.63) is 0 Å². The topological polar surface area (TPSA) is 37.3 Å². The van der Waals surface area contributed by atoms with Gasteiger partial charge in [-0.25, -0.2) is 0 Å². The fourth-order valence-corrected chi connectivity index (χ4v) is 5.58. The maximum atomic E-state index is 10.9. The fraction of sp³-hybridized carbons (Fsp3) is 0.917. The van der Waals surface area contributed by atoms with Gasteiger partial charge in [-0.05, 0) is 55.8 Å². The Hall–Kier alpha value is -0.240. The summed E-state index contributed by atoms with van der Waals surface area (Å²) in [6.07, 6.45) is 7.08. The maximum Gasteiger partial charge on any atom is 0.303 e. The Morgan fingerprint density at radius 3 is 2.33 bits per heavy atom. The summed E-state index contributed by atoms with van der Waals surface area (Å²) < 4.78 is 0. The minimum Gasteiger partial charge on any atom is -0.481 e. The Morgan fingerprint density at radius 2 is 1.87 bits per heavy atom. The molecule has 0 heterocycles. The molecule has 0 aromatic heterocycles. The summed E-state index contributed by atoms with van der Waals surface area (Å²) in [5.41, 5.74) is 0.0532. The summed E-state index contributed by atoms with van der Waals surface area (Å²) in [6, 6.07) is 0. The third-order valence-electron chi connectivity index (χ3n) is 4.64. The number of rotatable bonds is 2. The van der Waals surface area contributed by atoms with Gasteiger partial charge in [-0.15, -0.1) is 11.6 Å². The lowest BCUT2D eigenvalue weighted by Crippen LogP contribution is -2.53. The molecule has 3 heteroatoms. The van der Waals surface area contributed by atoms with Gasteiger partial charge >= 0.3 is 5.97 Å². The van der Waals surface area contributed by atoms with Gasteiger partial charge in [0.15, 0.2) is 0 Å². The monoisotopic (exact) mass is 228 g/mol. The molecule has 0 aromatic rings. The molecular weight excluding hydrogens is 212 g/mol. The number of aliphatic carboxylic acids is 1. The minimum atomic E-state index is -0.641. The number of carboxylic acids is 1. The van der Waals surface area contributed by atoms with Gasteiger partial charge in [-0.2, -0.15) is 0 Å². The van der Waals surface area contributed by atoms with Crippen molar-refractivity contribution in [1.82, 2.24) is 0 Å². The van der Waals surface area contributed by atoms with E-state index in [9.17, 15) is 4.79 Å². The first-order valence-corrected chi connectivity index (χ1v) is 6.27. The normalized spacial score (nSPS) is 52.1. The van der Waals surface area contributed by atoms with Gasteiger partial charge in [0.1, 0.15) is 0 Å². The Morgan fingerprint density at radius 1 is 1.27 bits per heavy atom. The van der Waals surface area contributed by atoms with E-state index in [0.29, 0.717) is 18.3 Å². The quantitative estimate of drug-likeness (QED) is 0.738. The Kier molecular flexibility index (Phi) is 1.93. The summed E-state index contributed by atoms with van der Waals surface area (Å²) in [4.78, 5) is 10.9. The van der Waals surface area contributed by atoms with Crippen LogP contribution in [0.2, 0.25) is 0 Å². The van der Waals surface area contributed by atoms with E-state index in [0.717, 1.165) is 32.1 Å². The highest BCUT2D eigenvalue weighted by Gasteiger charge is 2.57. The molecule has 0 radical (unpaired) electrons. The molecule has 84 valence electrons. The third-order valence-corrected chi connectivity index (χ3v) is 5.08. The molecule has 15 heavy (non-hydrogen) atoms. The molecule has 2 unspecified atom stereocenters. The maximum absolute atomic E-state index is 10.9. The lowest BCUT2D eigenvalue weighted by molar-refractivity contribution is -0.144. The summed E-state index contributed by atoms with van der Waals surface area (Å²) in [5.74, 6) is 0.781. The highest BCUT2D eigenvalue weighted by atomic mass is 35.5. The van der Waals surface area contributed by atoms with Crippen LogP contribution in [0.3, 0.4) is 0 Å². The average molecular weight is 229 g/mol. The van der Waals surface area contributed by atoms with Crippen LogP contribution in [0.15, 0.2) is 0 Å². The van der Waals surface area contributed by atoms with E-state index >= 15 is 0 Å². The van der Waals surface area contributed by atoms with Crippen molar-refractivity contribution in [3.8, 4) is 0 Å². The van der Waals surface area contributed by atoms with Crippen molar-refractivity contribution in [2.75, 3.05) is 0 Å². The summed E-state index contributed by atoms with van der Waals surface area (Å²) in [5, 5.41) is 9.01. The van der Waals surface area contributed by atoms with Gasteiger partial charge in [0.25, 0.3) is 0 Å². The third kappa shape index (κ3) is 1.57. The van der Waals surface area contributed by atoms with E-state index in [-0.39, 0.29) is 10.3 Å². The number of carboxylic acid groups (broad SMARTS) is 1. The molecule has 4 atom stereocenters. The number of halogens is 1. The molecule has 4 aliphatic carbocycles. The van der Waals surface area contributed by atoms with E-state index < -0.39 is 5.97 Å². The fourth-order valence-electron chi connectivity index (χ4n) is 4.86. The van der Waals surface area contributed by atoms with Crippen LogP contribution in [0.1, 0.15) is 44.9 Å². The number of carbonyl (C=O) groups is 1. The molecule has 4 fully saturated rings. The predicted octanol–water partition coefficient (Wildman–Crippen LogP) is 3.04. The van der Waals surface area contributed by atoms with Crippen LogP contribution in [0.4, 0.5) is 0 Å². The lowest BCUT2D eigenvalue weighted by Gasteiger charge is -2.59. The molecule has 4 saturated carbocycles. The summed E-state index contributed by atoms with van der Waals surface area (Å²) in [7, 11) is 0. The van der Waals surface area contributed by atoms with Crippen molar-refractivity contribution >= 4 is 17.6 Å². The van der Waals surface area contributed by atoms with E-state index in [4.69, 9.17) is 16.7 Å². The van der Waals surface area contributed by atoms with Crippen LogP contribution in [0.5, 0.6) is 0 Å². The van der Waals surface area contributed by atoms with Crippen LogP contribution in [-0.4, -0.2) is 16.0 Å². The van der Waals surface area contributed by atoms with Gasteiger partial charge in [-0.3, -0.25) is 4.79 Å². The second-order valence-corrected chi connectivity index (χ2v) is 6.98. The molecule has 2 nitrogen and oxygen atoms in total. The zero-order valence-electron chi connectivity index (χ0n) is 8.84. The summed E-state index contributed by atoms with van der Waals surface area (Å²) >= 11 is 6.61. The van der Waals surface area contributed by atoms with E-state index in [1.807, 2.05) is 0 Å². The average Bonchev–Trinajstić information content (AvgIpc) is 1.94. The van der Waals surface area contributed by atoms with E-state index in [1.165, 1.54) is 6.42 Å². The molecule has 4 aliphatic rings. The first-order valence-electron chi connectivity index (χ1n) is 5.89. The minimum absolute atomic E-state index is 0.0421. The van der Waals surface area contributed by atoms with Crippen molar-refractivity contribution in [2.24, 2.45) is 17.3 Å². The molecule has 0 aromatic carbocycles.